The van der Waals surface area contributed by atoms with Gasteiger partial charge in [-0.05, 0) is 47.5 Å². The number of hydrogen-bond donors (Lipinski definition) is 2. The Balaban J connectivity index is 0.00000576. The predicted molar refractivity (Wildman–Crippen MR) is 110 cm³/mol. The number of rotatable bonds is 5. The second-order valence-corrected chi connectivity index (χ2v) is 7.01. The van der Waals surface area contributed by atoms with E-state index in [1.54, 1.807) is 0 Å². The monoisotopic (exact) mass is 468 g/mol. The highest BCUT2D eigenvalue weighted by Crippen LogP contribution is 2.18. The number of esters is 1. The Morgan fingerprint density at radius 2 is 1.96 bits per heavy atom. The lowest BCUT2D eigenvalue weighted by Gasteiger charge is -2.34. The second-order valence-electron chi connectivity index (χ2n) is 7.01. The van der Waals surface area contributed by atoms with Gasteiger partial charge in [-0.3, -0.25) is 9.59 Å². The average molecular weight is 468 g/mol. The van der Waals surface area contributed by atoms with Crippen LogP contribution < -0.4 is 10.6 Å². The van der Waals surface area contributed by atoms with Crippen LogP contribution in [0.3, 0.4) is 0 Å². The third-order valence-corrected chi connectivity index (χ3v) is 3.56. The van der Waals surface area contributed by atoms with E-state index >= 15 is 0 Å². The van der Waals surface area contributed by atoms with Crippen molar-refractivity contribution in [3.8, 4) is 0 Å². The molecule has 1 fully saturated rings. The van der Waals surface area contributed by atoms with Gasteiger partial charge in [0, 0.05) is 25.2 Å². The minimum atomic E-state index is -0.273. The van der Waals surface area contributed by atoms with E-state index < -0.39 is 0 Å². The third kappa shape index (κ3) is 9.27. The molecule has 0 bridgehead atoms. The number of hydrogen-bond acceptors (Lipinski definition) is 4. The molecule has 0 aliphatic carbocycles. The average Bonchev–Trinajstić information content (AvgIpc) is 2.50. The molecule has 8 heteroatoms. The Bertz CT molecular complexity index is 463. The van der Waals surface area contributed by atoms with E-state index in [2.05, 4.69) is 15.6 Å². The van der Waals surface area contributed by atoms with Crippen molar-refractivity contribution in [2.24, 2.45) is 10.9 Å². The van der Waals surface area contributed by atoms with Gasteiger partial charge in [0.1, 0.15) is 6.54 Å². The number of nitrogens with one attached hydrogen (secondary N) is 2. The first-order chi connectivity index (χ1) is 11.3. The number of halogens is 1. The fourth-order valence-electron chi connectivity index (χ4n) is 2.65. The molecule has 0 aromatic carbocycles. The number of aliphatic imine (C=N–C) groups is 1. The molecule has 1 aliphatic rings. The quantitative estimate of drug-likeness (QED) is 0.278. The second kappa shape index (κ2) is 11.5. The fourth-order valence-corrected chi connectivity index (χ4v) is 2.65. The molecule has 1 rings (SSSR count). The summed E-state index contributed by atoms with van der Waals surface area (Å²) in [6.45, 7) is 12.2. The molecule has 0 radical (unpaired) electrons. The first-order valence-corrected chi connectivity index (χ1v) is 8.77. The smallest absolute Gasteiger partial charge is 0.310 e. The van der Waals surface area contributed by atoms with Gasteiger partial charge in [-0.1, -0.05) is 0 Å². The largest absolute Gasteiger partial charge is 0.466 e. The highest BCUT2D eigenvalue weighted by Gasteiger charge is 2.28. The zero-order valence-corrected chi connectivity index (χ0v) is 18.4. The molecule has 2 N–H and O–H groups in total. The van der Waals surface area contributed by atoms with Crippen molar-refractivity contribution in [2.45, 2.75) is 53.0 Å². The van der Waals surface area contributed by atoms with E-state index in [1.165, 1.54) is 0 Å². The molecule has 1 unspecified atom stereocenters. The van der Waals surface area contributed by atoms with Gasteiger partial charge in [-0.2, -0.15) is 0 Å². The van der Waals surface area contributed by atoms with Crippen LogP contribution in [-0.2, 0) is 14.3 Å². The molecule has 1 heterocycles. The van der Waals surface area contributed by atoms with Crippen LogP contribution in [0.15, 0.2) is 4.99 Å². The van der Waals surface area contributed by atoms with Crippen LogP contribution in [0.25, 0.3) is 0 Å². The molecule has 1 amide bonds. The summed E-state index contributed by atoms with van der Waals surface area (Å²) in [4.78, 5) is 30.4. The van der Waals surface area contributed by atoms with E-state index in [0.29, 0.717) is 25.7 Å². The summed E-state index contributed by atoms with van der Waals surface area (Å²) in [7, 11) is 0. The number of ether oxygens (including phenoxy) is 1. The molecule has 0 aromatic rings. The summed E-state index contributed by atoms with van der Waals surface area (Å²) in [6.07, 6.45) is 1.74. The van der Waals surface area contributed by atoms with Crippen LogP contribution in [0.1, 0.15) is 47.5 Å². The number of likely N-dealkylation sites (tertiary alicyclic amines) is 1. The van der Waals surface area contributed by atoms with Crippen LogP contribution >= 0.6 is 24.0 Å². The van der Waals surface area contributed by atoms with Gasteiger partial charge in [0.15, 0.2) is 5.96 Å². The topological polar surface area (TPSA) is 83.0 Å². The number of amides is 1. The van der Waals surface area contributed by atoms with Crippen molar-refractivity contribution in [1.82, 2.24) is 15.5 Å². The molecule has 146 valence electrons. The van der Waals surface area contributed by atoms with E-state index in [9.17, 15) is 9.59 Å². The van der Waals surface area contributed by atoms with Gasteiger partial charge in [0.05, 0.1) is 12.5 Å². The zero-order valence-electron chi connectivity index (χ0n) is 16.1. The molecule has 1 atom stereocenters. The van der Waals surface area contributed by atoms with Gasteiger partial charge in [0.2, 0.25) is 5.91 Å². The highest BCUT2D eigenvalue weighted by molar-refractivity contribution is 14.0. The first kappa shape index (κ1) is 23.9. The minimum absolute atomic E-state index is 0. The zero-order chi connectivity index (χ0) is 18.2. The van der Waals surface area contributed by atoms with Gasteiger partial charge >= 0.3 is 5.97 Å². The van der Waals surface area contributed by atoms with Crippen LogP contribution in [0, 0.1) is 5.92 Å². The molecule has 7 nitrogen and oxygen atoms in total. The maximum atomic E-state index is 12.0. The van der Waals surface area contributed by atoms with Crippen molar-refractivity contribution in [1.29, 1.82) is 0 Å². The summed E-state index contributed by atoms with van der Waals surface area (Å²) >= 11 is 0. The van der Waals surface area contributed by atoms with Crippen LogP contribution in [0.5, 0.6) is 0 Å². The van der Waals surface area contributed by atoms with Crippen LogP contribution in [0.2, 0.25) is 0 Å². The lowest BCUT2D eigenvalue weighted by Crippen LogP contribution is -2.49. The Labute approximate surface area is 168 Å². The molecule has 25 heavy (non-hydrogen) atoms. The van der Waals surface area contributed by atoms with Crippen molar-refractivity contribution in [3.63, 3.8) is 0 Å². The van der Waals surface area contributed by atoms with Crippen molar-refractivity contribution < 1.29 is 14.3 Å². The Kier molecular flexibility index (Phi) is 11.0. The fraction of sp³-hybridized carbons (Fsp3) is 0.824. The molecular formula is C17H33IN4O3. The van der Waals surface area contributed by atoms with Gasteiger partial charge in [-0.25, -0.2) is 4.99 Å². The van der Waals surface area contributed by atoms with Gasteiger partial charge in [-0.15, -0.1) is 24.0 Å². The van der Waals surface area contributed by atoms with E-state index in [0.717, 1.165) is 19.4 Å². The van der Waals surface area contributed by atoms with Gasteiger partial charge < -0.3 is 20.3 Å². The molecule has 0 aromatic heterocycles. The highest BCUT2D eigenvalue weighted by atomic mass is 127. The predicted octanol–water partition coefficient (Wildman–Crippen LogP) is 1.76. The Morgan fingerprint density at radius 1 is 1.28 bits per heavy atom. The summed E-state index contributed by atoms with van der Waals surface area (Å²) in [5.74, 6) is 0.280. The lowest BCUT2D eigenvalue weighted by atomic mass is 9.98. The molecule has 1 aliphatic heterocycles. The molecule has 0 saturated carbocycles. The van der Waals surface area contributed by atoms with Crippen LogP contribution in [0.4, 0.5) is 0 Å². The SMILES string of the molecule is CCNC(=NCC(=O)NC(C)(C)C)N1CCCC(C(=O)OCC)C1.I. The Morgan fingerprint density at radius 3 is 2.52 bits per heavy atom. The van der Waals surface area contributed by atoms with E-state index in [-0.39, 0.29) is 53.9 Å². The lowest BCUT2D eigenvalue weighted by molar-refractivity contribution is -0.149. The van der Waals surface area contributed by atoms with Gasteiger partial charge in [0.25, 0.3) is 0 Å². The van der Waals surface area contributed by atoms with E-state index in [4.69, 9.17) is 4.74 Å². The number of guanidine groups is 1. The molecular weight excluding hydrogens is 435 g/mol. The van der Waals surface area contributed by atoms with E-state index in [1.807, 2.05) is 39.5 Å². The summed E-state index contributed by atoms with van der Waals surface area (Å²) < 4.78 is 5.13. The number of nitrogens with zero attached hydrogens (tertiary/aromatic N) is 2. The standard InChI is InChI=1S/C17H32N4O3.HI/c1-6-18-16(19-11-14(22)20-17(3,4)5)21-10-8-9-13(12-21)15(23)24-7-2;/h13H,6-12H2,1-5H3,(H,18,19)(H,20,22);1H. The minimum Gasteiger partial charge on any atom is -0.466 e. The molecule has 1 saturated heterocycles. The van der Waals surface area contributed by atoms with Crippen LogP contribution in [-0.4, -0.2) is 61.1 Å². The summed E-state index contributed by atoms with van der Waals surface area (Å²) in [6, 6.07) is 0. The number of carbonyl (C=O) groups excluding carboxylic acids is 2. The van der Waals surface area contributed by atoms with Crippen molar-refractivity contribution in [3.05, 3.63) is 0 Å². The van der Waals surface area contributed by atoms with Crippen molar-refractivity contribution in [2.75, 3.05) is 32.8 Å². The third-order valence-electron chi connectivity index (χ3n) is 3.56. The first-order valence-electron chi connectivity index (χ1n) is 8.77. The normalized spacial score (nSPS) is 18.2. The maximum Gasteiger partial charge on any atom is 0.310 e. The number of carbonyl (C=O) groups is 2. The Hall–Kier alpha value is -1.06. The summed E-state index contributed by atoms with van der Waals surface area (Å²) in [5.41, 5.74) is -0.273. The number of piperidine rings is 1. The molecule has 0 spiro atoms. The summed E-state index contributed by atoms with van der Waals surface area (Å²) in [5, 5.41) is 6.10. The van der Waals surface area contributed by atoms with Crippen molar-refractivity contribution >= 4 is 41.8 Å². The maximum absolute atomic E-state index is 12.0.